The van der Waals surface area contributed by atoms with Crippen molar-refractivity contribution < 1.29 is 27.5 Å². The van der Waals surface area contributed by atoms with Crippen molar-refractivity contribution in [3.05, 3.63) is 95.1 Å². The van der Waals surface area contributed by atoms with Gasteiger partial charge in [0.1, 0.15) is 6.04 Å². The van der Waals surface area contributed by atoms with E-state index in [2.05, 4.69) is 5.32 Å². The summed E-state index contributed by atoms with van der Waals surface area (Å²) in [5.74, 6) is -1.79. The molecule has 0 spiro atoms. The van der Waals surface area contributed by atoms with Gasteiger partial charge in [-0.2, -0.15) is 13.2 Å². The number of alkyl halides is 3. The summed E-state index contributed by atoms with van der Waals surface area (Å²) in [6.07, 6.45) is -4.50. The van der Waals surface area contributed by atoms with E-state index in [-0.39, 0.29) is 5.56 Å². The van der Waals surface area contributed by atoms with Gasteiger partial charge in [0.05, 0.1) is 12.7 Å². The number of hydrogen-bond donors (Lipinski definition) is 1. The normalized spacial score (nSPS) is 13.8. The molecule has 1 atom stereocenters. The molecule has 0 fully saturated rings. The molecule has 1 amide bonds. The number of benzene rings is 3. The third kappa shape index (κ3) is 3.79. The SMILES string of the molecule is COC(=O)[C@H](NC(=O)c1ccc(C(F)(F)F)cc1)C1c2ccccc2-c2ccccc21. The first-order chi connectivity index (χ1) is 14.8. The molecule has 0 aromatic heterocycles. The summed E-state index contributed by atoms with van der Waals surface area (Å²) in [7, 11) is 1.23. The van der Waals surface area contributed by atoms with Crippen molar-refractivity contribution in [3.8, 4) is 11.1 Å². The summed E-state index contributed by atoms with van der Waals surface area (Å²) in [5.41, 5.74) is 2.81. The number of rotatable bonds is 4. The lowest BCUT2D eigenvalue weighted by Crippen LogP contribution is -2.45. The molecule has 3 aromatic carbocycles. The van der Waals surface area contributed by atoms with Crippen molar-refractivity contribution in [1.29, 1.82) is 0 Å². The van der Waals surface area contributed by atoms with Crippen LogP contribution in [0.5, 0.6) is 0 Å². The van der Waals surface area contributed by atoms with Crippen molar-refractivity contribution in [1.82, 2.24) is 5.32 Å². The number of ether oxygens (including phenoxy) is 1. The van der Waals surface area contributed by atoms with Crippen LogP contribution in [0.4, 0.5) is 13.2 Å². The summed E-state index contributed by atoms with van der Waals surface area (Å²) in [6, 6.07) is 18.0. The molecule has 1 N–H and O–H groups in total. The van der Waals surface area contributed by atoms with Crippen LogP contribution in [0.3, 0.4) is 0 Å². The third-order valence-electron chi connectivity index (χ3n) is 5.43. The maximum atomic E-state index is 12.8. The molecule has 1 aliphatic carbocycles. The van der Waals surface area contributed by atoms with Crippen molar-refractivity contribution in [2.75, 3.05) is 7.11 Å². The minimum absolute atomic E-state index is 0.0153. The molecule has 7 heteroatoms. The van der Waals surface area contributed by atoms with E-state index >= 15 is 0 Å². The number of carbonyl (C=O) groups excluding carboxylic acids is 2. The average Bonchev–Trinajstić information content (AvgIpc) is 3.10. The zero-order valence-corrected chi connectivity index (χ0v) is 16.4. The van der Waals surface area contributed by atoms with E-state index in [0.29, 0.717) is 0 Å². The highest BCUT2D eigenvalue weighted by Crippen LogP contribution is 2.46. The Balaban J connectivity index is 1.69. The number of esters is 1. The maximum absolute atomic E-state index is 12.8. The quantitative estimate of drug-likeness (QED) is 0.612. The Morgan fingerprint density at radius 1 is 0.871 bits per heavy atom. The molecule has 0 heterocycles. The fraction of sp³-hybridized carbons (Fsp3) is 0.167. The highest BCUT2D eigenvalue weighted by Gasteiger charge is 2.39. The topological polar surface area (TPSA) is 55.4 Å². The smallest absolute Gasteiger partial charge is 0.416 e. The number of carbonyl (C=O) groups is 2. The van der Waals surface area contributed by atoms with Crippen LogP contribution in [0.2, 0.25) is 0 Å². The van der Waals surface area contributed by atoms with Crippen LogP contribution >= 0.6 is 0 Å². The van der Waals surface area contributed by atoms with E-state index in [1.807, 2.05) is 48.5 Å². The monoisotopic (exact) mass is 425 g/mol. The van der Waals surface area contributed by atoms with Crippen LogP contribution in [-0.4, -0.2) is 25.0 Å². The van der Waals surface area contributed by atoms with Gasteiger partial charge in [-0.25, -0.2) is 4.79 Å². The number of halogens is 3. The predicted octanol–water partition coefficient (Wildman–Crippen LogP) is 4.79. The van der Waals surface area contributed by atoms with Crippen LogP contribution in [0.25, 0.3) is 11.1 Å². The standard InChI is InChI=1S/C24H18F3NO3/c1-31-23(30)21(28-22(29)14-10-12-15(13-11-14)24(25,26)27)20-18-8-4-2-6-16(18)17-7-3-5-9-19(17)20/h2-13,20-21H,1H3,(H,28,29)/t21-/m1/s1. The van der Waals surface area contributed by atoms with Crippen LogP contribution in [0.15, 0.2) is 72.8 Å². The molecular weight excluding hydrogens is 407 g/mol. The third-order valence-corrected chi connectivity index (χ3v) is 5.43. The van der Waals surface area contributed by atoms with Gasteiger partial charge in [0.25, 0.3) is 5.91 Å². The number of hydrogen-bond acceptors (Lipinski definition) is 3. The number of amides is 1. The lowest BCUT2D eigenvalue weighted by molar-refractivity contribution is -0.143. The van der Waals surface area contributed by atoms with Gasteiger partial charge < -0.3 is 10.1 Å². The minimum atomic E-state index is -4.50. The first kappa shape index (κ1) is 20.7. The van der Waals surface area contributed by atoms with Gasteiger partial charge in [-0.05, 0) is 46.5 Å². The molecular formula is C24H18F3NO3. The summed E-state index contributed by atoms with van der Waals surface area (Å²) < 4.78 is 43.4. The summed E-state index contributed by atoms with van der Waals surface area (Å²) in [6.45, 7) is 0. The van der Waals surface area contributed by atoms with Gasteiger partial charge in [0.2, 0.25) is 0 Å². The van der Waals surface area contributed by atoms with E-state index < -0.39 is 35.6 Å². The highest BCUT2D eigenvalue weighted by atomic mass is 19.4. The van der Waals surface area contributed by atoms with Crippen molar-refractivity contribution in [2.24, 2.45) is 0 Å². The first-order valence-electron chi connectivity index (χ1n) is 9.55. The van der Waals surface area contributed by atoms with E-state index in [4.69, 9.17) is 4.74 Å². The number of fused-ring (bicyclic) bond motifs is 3. The molecule has 0 bridgehead atoms. The molecule has 0 unspecified atom stereocenters. The molecule has 4 nitrogen and oxygen atoms in total. The Bertz CT molecular complexity index is 1090. The second kappa shape index (κ2) is 7.91. The van der Waals surface area contributed by atoms with Crippen LogP contribution in [0.1, 0.15) is 33.0 Å². The van der Waals surface area contributed by atoms with Crippen molar-refractivity contribution >= 4 is 11.9 Å². The van der Waals surface area contributed by atoms with Gasteiger partial charge in [-0.15, -0.1) is 0 Å². The molecule has 3 aromatic rings. The molecule has 0 aliphatic heterocycles. The molecule has 0 saturated carbocycles. The van der Waals surface area contributed by atoms with Crippen molar-refractivity contribution in [2.45, 2.75) is 18.1 Å². The van der Waals surface area contributed by atoms with Crippen LogP contribution in [-0.2, 0) is 15.7 Å². The second-order valence-electron chi connectivity index (χ2n) is 7.20. The second-order valence-corrected chi connectivity index (χ2v) is 7.20. The Kier molecular flexibility index (Phi) is 5.27. The Hall–Kier alpha value is -3.61. The Morgan fingerprint density at radius 3 is 1.87 bits per heavy atom. The summed E-state index contributed by atoms with van der Waals surface area (Å²) in [4.78, 5) is 25.5. The molecule has 158 valence electrons. The average molecular weight is 425 g/mol. The minimum Gasteiger partial charge on any atom is -0.467 e. The lowest BCUT2D eigenvalue weighted by atomic mass is 9.89. The highest BCUT2D eigenvalue weighted by molar-refractivity contribution is 5.98. The largest absolute Gasteiger partial charge is 0.467 e. The summed E-state index contributed by atoms with van der Waals surface area (Å²) >= 11 is 0. The Labute approximate surface area is 176 Å². The molecule has 0 radical (unpaired) electrons. The van der Waals surface area contributed by atoms with E-state index in [0.717, 1.165) is 46.5 Å². The molecule has 4 rings (SSSR count). The molecule has 31 heavy (non-hydrogen) atoms. The molecule has 0 saturated heterocycles. The van der Waals surface area contributed by atoms with Gasteiger partial charge in [0, 0.05) is 11.5 Å². The number of methoxy groups -OCH3 is 1. The van der Waals surface area contributed by atoms with E-state index in [1.165, 1.54) is 7.11 Å². The lowest BCUT2D eigenvalue weighted by Gasteiger charge is -2.24. The predicted molar refractivity (Wildman–Crippen MR) is 108 cm³/mol. The van der Waals surface area contributed by atoms with Gasteiger partial charge >= 0.3 is 12.1 Å². The zero-order chi connectivity index (χ0) is 22.2. The maximum Gasteiger partial charge on any atom is 0.416 e. The van der Waals surface area contributed by atoms with Gasteiger partial charge in [-0.1, -0.05) is 48.5 Å². The first-order valence-corrected chi connectivity index (χ1v) is 9.55. The van der Waals surface area contributed by atoms with Gasteiger partial charge in [-0.3, -0.25) is 4.79 Å². The van der Waals surface area contributed by atoms with Crippen LogP contribution in [0, 0.1) is 0 Å². The fourth-order valence-corrected chi connectivity index (χ4v) is 3.99. The zero-order valence-electron chi connectivity index (χ0n) is 16.4. The summed E-state index contributed by atoms with van der Waals surface area (Å²) in [5, 5.41) is 2.67. The number of nitrogens with one attached hydrogen (secondary N) is 1. The van der Waals surface area contributed by atoms with Crippen LogP contribution < -0.4 is 5.32 Å². The van der Waals surface area contributed by atoms with E-state index in [9.17, 15) is 22.8 Å². The van der Waals surface area contributed by atoms with E-state index in [1.54, 1.807) is 0 Å². The fourth-order valence-electron chi connectivity index (χ4n) is 3.99. The molecule has 1 aliphatic rings. The Morgan fingerprint density at radius 2 is 1.39 bits per heavy atom. The van der Waals surface area contributed by atoms with Crippen molar-refractivity contribution in [3.63, 3.8) is 0 Å². The van der Waals surface area contributed by atoms with Gasteiger partial charge in [0.15, 0.2) is 0 Å².